The SMILES string of the molecule is CCCn1nc(C(=O)N/N=C2/C=C(C)CC2)c2ccccc2c1=O. The molecule has 0 radical (unpaired) electrons. The second kappa shape index (κ2) is 6.78. The van der Waals surface area contributed by atoms with Gasteiger partial charge in [0.1, 0.15) is 0 Å². The summed E-state index contributed by atoms with van der Waals surface area (Å²) in [6.07, 6.45) is 4.54. The van der Waals surface area contributed by atoms with E-state index in [-0.39, 0.29) is 11.3 Å². The van der Waals surface area contributed by atoms with E-state index < -0.39 is 5.91 Å². The van der Waals surface area contributed by atoms with Gasteiger partial charge in [0.25, 0.3) is 11.5 Å². The van der Waals surface area contributed by atoms with Crippen LogP contribution in [-0.4, -0.2) is 21.4 Å². The third-order valence-corrected chi connectivity index (χ3v) is 4.01. The van der Waals surface area contributed by atoms with Gasteiger partial charge in [0.15, 0.2) is 5.69 Å². The molecule has 0 unspecified atom stereocenters. The van der Waals surface area contributed by atoms with Crippen molar-refractivity contribution in [3.05, 3.63) is 52.0 Å². The van der Waals surface area contributed by atoms with E-state index in [1.807, 2.05) is 19.9 Å². The van der Waals surface area contributed by atoms with Crippen LogP contribution in [0.4, 0.5) is 0 Å². The van der Waals surface area contributed by atoms with Gasteiger partial charge in [0.05, 0.1) is 11.1 Å². The van der Waals surface area contributed by atoms with Crippen molar-refractivity contribution in [2.75, 3.05) is 0 Å². The number of nitrogens with one attached hydrogen (secondary N) is 1. The fraction of sp³-hybridized carbons (Fsp3) is 0.333. The van der Waals surface area contributed by atoms with Gasteiger partial charge in [-0.3, -0.25) is 9.59 Å². The molecule has 1 aliphatic rings. The van der Waals surface area contributed by atoms with Crippen molar-refractivity contribution in [1.82, 2.24) is 15.2 Å². The molecule has 6 heteroatoms. The quantitative estimate of drug-likeness (QED) is 0.878. The van der Waals surface area contributed by atoms with E-state index in [1.165, 1.54) is 10.3 Å². The zero-order valence-corrected chi connectivity index (χ0v) is 13.9. The number of carbonyl (C=O) groups excluding carboxylic acids is 1. The van der Waals surface area contributed by atoms with Gasteiger partial charge in [-0.05, 0) is 38.3 Å². The lowest BCUT2D eigenvalue weighted by molar-refractivity contribution is 0.0949. The highest BCUT2D eigenvalue weighted by molar-refractivity contribution is 6.05. The van der Waals surface area contributed by atoms with Crippen LogP contribution in [0.5, 0.6) is 0 Å². The number of nitrogens with zero attached hydrogens (tertiary/aromatic N) is 3. The first-order valence-corrected chi connectivity index (χ1v) is 8.14. The standard InChI is InChI=1S/C18H20N4O2/c1-3-10-22-18(24)15-7-5-4-6-14(15)16(21-22)17(23)20-19-13-9-8-12(2)11-13/h4-7,11H,3,8-10H2,1-2H3,(H,20,23)/b19-13+. The normalized spacial score (nSPS) is 15.8. The predicted octanol–water partition coefficient (Wildman–Crippen LogP) is 2.63. The number of benzene rings is 1. The van der Waals surface area contributed by atoms with Gasteiger partial charge >= 0.3 is 0 Å². The summed E-state index contributed by atoms with van der Waals surface area (Å²) < 4.78 is 1.35. The molecule has 0 saturated heterocycles. The number of hydrogen-bond acceptors (Lipinski definition) is 4. The Hall–Kier alpha value is -2.76. The van der Waals surface area contributed by atoms with Crippen LogP contribution in [0.15, 0.2) is 45.8 Å². The van der Waals surface area contributed by atoms with Gasteiger partial charge < -0.3 is 0 Å². The molecule has 1 aromatic carbocycles. The molecule has 0 fully saturated rings. The van der Waals surface area contributed by atoms with Gasteiger partial charge in [-0.1, -0.05) is 30.7 Å². The molecule has 6 nitrogen and oxygen atoms in total. The van der Waals surface area contributed by atoms with Crippen LogP contribution < -0.4 is 11.0 Å². The van der Waals surface area contributed by atoms with Crippen LogP contribution in [0, 0.1) is 0 Å². The monoisotopic (exact) mass is 324 g/mol. The molecule has 3 rings (SSSR count). The van der Waals surface area contributed by atoms with Crippen LogP contribution in [0.2, 0.25) is 0 Å². The number of rotatable bonds is 4. The highest BCUT2D eigenvalue weighted by Crippen LogP contribution is 2.15. The van der Waals surface area contributed by atoms with Gasteiger partial charge in [-0.15, -0.1) is 0 Å². The largest absolute Gasteiger partial charge is 0.292 e. The lowest BCUT2D eigenvalue weighted by Crippen LogP contribution is -2.29. The fourth-order valence-corrected chi connectivity index (χ4v) is 2.78. The first-order chi connectivity index (χ1) is 11.6. The zero-order chi connectivity index (χ0) is 17.1. The summed E-state index contributed by atoms with van der Waals surface area (Å²) in [4.78, 5) is 25.0. The minimum absolute atomic E-state index is 0.176. The molecule has 124 valence electrons. The van der Waals surface area contributed by atoms with E-state index >= 15 is 0 Å². The van der Waals surface area contributed by atoms with Crippen molar-refractivity contribution in [1.29, 1.82) is 0 Å². The van der Waals surface area contributed by atoms with Gasteiger partial charge in [-0.2, -0.15) is 10.2 Å². The third-order valence-electron chi connectivity index (χ3n) is 4.01. The molecule has 0 aliphatic heterocycles. The van der Waals surface area contributed by atoms with Crippen LogP contribution in [-0.2, 0) is 6.54 Å². The molecule has 1 aromatic heterocycles. The molecule has 0 bridgehead atoms. The van der Waals surface area contributed by atoms with E-state index in [1.54, 1.807) is 24.3 Å². The lowest BCUT2D eigenvalue weighted by atomic mass is 10.1. The molecule has 2 aromatic rings. The van der Waals surface area contributed by atoms with Crippen molar-refractivity contribution in [3.63, 3.8) is 0 Å². The number of carbonyl (C=O) groups is 1. The van der Waals surface area contributed by atoms with E-state index in [2.05, 4.69) is 15.6 Å². The van der Waals surface area contributed by atoms with Crippen molar-refractivity contribution in [2.45, 2.75) is 39.7 Å². The number of amides is 1. The Bertz CT molecular complexity index is 909. The Kier molecular flexibility index (Phi) is 4.55. The Balaban J connectivity index is 2.00. The van der Waals surface area contributed by atoms with Crippen molar-refractivity contribution in [3.8, 4) is 0 Å². The van der Waals surface area contributed by atoms with Crippen molar-refractivity contribution >= 4 is 22.4 Å². The van der Waals surface area contributed by atoms with Crippen molar-refractivity contribution in [2.24, 2.45) is 5.10 Å². The van der Waals surface area contributed by atoms with Crippen molar-refractivity contribution < 1.29 is 4.79 Å². The second-order valence-corrected chi connectivity index (χ2v) is 5.96. The van der Waals surface area contributed by atoms with Gasteiger partial charge in [0.2, 0.25) is 0 Å². The summed E-state index contributed by atoms with van der Waals surface area (Å²) >= 11 is 0. The van der Waals surface area contributed by atoms with E-state index in [0.29, 0.717) is 17.3 Å². The molecule has 1 N–H and O–H groups in total. The molecule has 24 heavy (non-hydrogen) atoms. The van der Waals surface area contributed by atoms with Crippen LogP contribution in [0.3, 0.4) is 0 Å². The summed E-state index contributed by atoms with van der Waals surface area (Å²) in [6.45, 7) is 4.48. The summed E-state index contributed by atoms with van der Waals surface area (Å²) in [6, 6.07) is 7.03. The van der Waals surface area contributed by atoms with Crippen LogP contribution >= 0.6 is 0 Å². The van der Waals surface area contributed by atoms with Gasteiger partial charge in [0, 0.05) is 11.9 Å². The molecule has 1 aliphatic carbocycles. The van der Waals surface area contributed by atoms with E-state index in [0.717, 1.165) is 25.0 Å². The number of aromatic nitrogens is 2. The van der Waals surface area contributed by atoms with Crippen LogP contribution in [0.1, 0.15) is 43.6 Å². The minimum Gasteiger partial charge on any atom is -0.267 e. The predicted molar refractivity (Wildman–Crippen MR) is 94.2 cm³/mol. The molecule has 1 amide bonds. The highest BCUT2D eigenvalue weighted by Gasteiger charge is 2.16. The average molecular weight is 324 g/mol. The number of aryl methyl sites for hydroxylation is 1. The third kappa shape index (κ3) is 3.13. The fourth-order valence-electron chi connectivity index (χ4n) is 2.78. The maximum atomic E-state index is 12.5. The average Bonchev–Trinajstić information content (AvgIpc) is 3.01. The second-order valence-electron chi connectivity index (χ2n) is 5.96. The molecule has 1 heterocycles. The Labute approximate surface area is 139 Å². The molecule has 0 atom stereocenters. The van der Waals surface area contributed by atoms with Gasteiger partial charge in [-0.25, -0.2) is 10.1 Å². The molecule has 0 spiro atoms. The maximum absolute atomic E-state index is 12.5. The highest BCUT2D eigenvalue weighted by atomic mass is 16.2. The first kappa shape index (κ1) is 16.1. The first-order valence-electron chi connectivity index (χ1n) is 8.14. The molecule has 0 saturated carbocycles. The molecular formula is C18H20N4O2. The Morgan fingerprint density at radius 3 is 2.71 bits per heavy atom. The summed E-state index contributed by atoms with van der Waals surface area (Å²) in [5.74, 6) is -0.401. The number of fused-ring (bicyclic) bond motifs is 1. The Morgan fingerprint density at radius 1 is 1.29 bits per heavy atom. The molecular weight excluding hydrogens is 304 g/mol. The number of allylic oxidation sites excluding steroid dienone is 2. The maximum Gasteiger partial charge on any atom is 0.292 e. The Morgan fingerprint density at radius 2 is 2.04 bits per heavy atom. The number of hydrazone groups is 1. The summed E-state index contributed by atoms with van der Waals surface area (Å²) in [7, 11) is 0. The minimum atomic E-state index is -0.401. The van der Waals surface area contributed by atoms with Crippen LogP contribution in [0.25, 0.3) is 10.8 Å². The smallest absolute Gasteiger partial charge is 0.267 e. The lowest BCUT2D eigenvalue weighted by Gasteiger charge is -2.09. The summed E-state index contributed by atoms with van der Waals surface area (Å²) in [5, 5.41) is 9.47. The van der Waals surface area contributed by atoms with E-state index in [9.17, 15) is 9.59 Å². The topological polar surface area (TPSA) is 76.3 Å². The summed E-state index contributed by atoms with van der Waals surface area (Å²) in [5.41, 5.74) is 4.72. The van der Waals surface area contributed by atoms with E-state index in [4.69, 9.17) is 0 Å². The number of hydrogen-bond donors (Lipinski definition) is 1. The zero-order valence-electron chi connectivity index (χ0n) is 13.9.